The molecule has 1 aromatic heterocycles. The third-order valence-corrected chi connectivity index (χ3v) is 5.56. The van der Waals surface area contributed by atoms with E-state index in [1.807, 2.05) is 13.0 Å². The normalized spacial score (nSPS) is 28.8. The van der Waals surface area contributed by atoms with Crippen molar-refractivity contribution in [1.82, 2.24) is 14.9 Å². The fourth-order valence-electron chi connectivity index (χ4n) is 4.09. The molecule has 2 atom stereocenters. The van der Waals surface area contributed by atoms with Gasteiger partial charge in [0, 0.05) is 35.6 Å². The van der Waals surface area contributed by atoms with Gasteiger partial charge in [0.25, 0.3) is 0 Å². The maximum atomic E-state index is 14.1. The molecule has 4 heterocycles. The van der Waals surface area contributed by atoms with Gasteiger partial charge in [-0.2, -0.15) is 0 Å². The quantitative estimate of drug-likeness (QED) is 0.937. The van der Waals surface area contributed by atoms with E-state index in [-0.39, 0.29) is 5.82 Å². The Balaban J connectivity index is 1.52. The van der Waals surface area contributed by atoms with Crippen LogP contribution in [-0.2, 0) is 0 Å². The number of rotatable bonds is 3. The van der Waals surface area contributed by atoms with Gasteiger partial charge >= 0.3 is 0 Å². The van der Waals surface area contributed by atoms with Crippen LogP contribution in [0.1, 0.15) is 25.3 Å². The molecule has 3 aliphatic rings. The first-order valence-electron chi connectivity index (χ1n) is 8.71. The third-order valence-electron chi connectivity index (χ3n) is 5.56. The van der Waals surface area contributed by atoms with E-state index in [4.69, 9.17) is 0 Å². The molecule has 5 rings (SSSR count). The molecule has 5 heteroatoms. The van der Waals surface area contributed by atoms with Crippen LogP contribution in [0.4, 0.5) is 10.3 Å². The SMILES string of the molecule is Cc1ccc(-c2cnc(N[C@@H]3C4CCN(CC4)[C@@H]3C)nc2)c(F)c1. The van der Waals surface area contributed by atoms with Crippen LogP contribution in [0.2, 0.25) is 0 Å². The molecule has 126 valence electrons. The summed E-state index contributed by atoms with van der Waals surface area (Å²) in [6, 6.07) is 6.13. The fraction of sp³-hybridized carbons (Fsp3) is 0.474. The van der Waals surface area contributed by atoms with E-state index in [0.29, 0.717) is 35.1 Å². The largest absolute Gasteiger partial charge is 0.350 e. The predicted octanol–water partition coefficient (Wildman–Crippen LogP) is 3.49. The Bertz CT molecular complexity index is 721. The lowest BCUT2D eigenvalue weighted by atomic mass is 9.79. The van der Waals surface area contributed by atoms with Crippen LogP contribution in [0, 0.1) is 18.7 Å². The summed E-state index contributed by atoms with van der Waals surface area (Å²) in [6.45, 7) is 6.57. The van der Waals surface area contributed by atoms with E-state index in [0.717, 1.165) is 5.56 Å². The van der Waals surface area contributed by atoms with Crippen molar-refractivity contribution in [3.8, 4) is 11.1 Å². The summed E-state index contributed by atoms with van der Waals surface area (Å²) >= 11 is 0. The smallest absolute Gasteiger partial charge is 0.222 e. The van der Waals surface area contributed by atoms with Crippen molar-refractivity contribution in [2.45, 2.75) is 38.8 Å². The number of nitrogens with one attached hydrogen (secondary N) is 1. The molecule has 0 unspecified atom stereocenters. The second kappa shape index (κ2) is 6.13. The summed E-state index contributed by atoms with van der Waals surface area (Å²) in [5.41, 5.74) is 2.16. The Morgan fingerprint density at radius 3 is 2.50 bits per heavy atom. The number of piperidine rings is 3. The second-order valence-electron chi connectivity index (χ2n) is 7.06. The average molecular weight is 326 g/mol. The van der Waals surface area contributed by atoms with Crippen LogP contribution >= 0.6 is 0 Å². The fourth-order valence-corrected chi connectivity index (χ4v) is 4.09. The molecule has 3 aliphatic heterocycles. The van der Waals surface area contributed by atoms with E-state index in [1.165, 1.54) is 32.0 Å². The monoisotopic (exact) mass is 326 g/mol. The van der Waals surface area contributed by atoms with E-state index >= 15 is 0 Å². The molecule has 4 nitrogen and oxygen atoms in total. The zero-order valence-corrected chi connectivity index (χ0v) is 14.2. The first-order chi connectivity index (χ1) is 11.6. The van der Waals surface area contributed by atoms with Crippen LogP contribution in [0.5, 0.6) is 0 Å². The van der Waals surface area contributed by atoms with Crippen molar-refractivity contribution < 1.29 is 4.39 Å². The summed E-state index contributed by atoms with van der Waals surface area (Å²) in [5.74, 6) is 1.10. The maximum Gasteiger partial charge on any atom is 0.222 e. The first-order valence-corrected chi connectivity index (χ1v) is 8.71. The van der Waals surface area contributed by atoms with Crippen LogP contribution in [0.15, 0.2) is 30.6 Å². The summed E-state index contributed by atoms with van der Waals surface area (Å²) in [7, 11) is 0. The molecule has 3 fully saturated rings. The number of nitrogens with zero attached hydrogens (tertiary/aromatic N) is 3. The van der Waals surface area contributed by atoms with Crippen LogP contribution in [0.25, 0.3) is 11.1 Å². The molecule has 2 aromatic rings. The van der Waals surface area contributed by atoms with Gasteiger partial charge in [-0.05, 0) is 57.3 Å². The van der Waals surface area contributed by atoms with Gasteiger partial charge in [0.2, 0.25) is 5.95 Å². The van der Waals surface area contributed by atoms with Gasteiger partial charge in [-0.3, -0.25) is 4.90 Å². The Kier molecular flexibility index (Phi) is 3.96. The minimum atomic E-state index is -0.231. The molecule has 0 saturated carbocycles. The van der Waals surface area contributed by atoms with Crippen molar-refractivity contribution in [1.29, 1.82) is 0 Å². The van der Waals surface area contributed by atoms with Gasteiger partial charge in [-0.1, -0.05) is 12.1 Å². The molecule has 0 spiro atoms. The Morgan fingerprint density at radius 1 is 1.17 bits per heavy atom. The van der Waals surface area contributed by atoms with Gasteiger partial charge in [-0.15, -0.1) is 0 Å². The van der Waals surface area contributed by atoms with E-state index < -0.39 is 0 Å². The molecule has 0 amide bonds. The van der Waals surface area contributed by atoms with Crippen LogP contribution < -0.4 is 5.32 Å². The highest BCUT2D eigenvalue weighted by molar-refractivity contribution is 5.63. The predicted molar refractivity (Wildman–Crippen MR) is 93.3 cm³/mol. The van der Waals surface area contributed by atoms with Crippen molar-refractivity contribution >= 4 is 5.95 Å². The molecular weight excluding hydrogens is 303 g/mol. The number of hydrogen-bond donors (Lipinski definition) is 1. The maximum absolute atomic E-state index is 14.1. The second-order valence-corrected chi connectivity index (χ2v) is 7.06. The molecule has 2 bridgehead atoms. The van der Waals surface area contributed by atoms with Gasteiger partial charge < -0.3 is 5.32 Å². The summed E-state index contributed by atoms with van der Waals surface area (Å²) in [5, 5.41) is 3.51. The van der Waals surface area contributed by atoms with Crippen molar-refractivity contribution in [3.05, 3.63) is 42.0 Å². The molecule has 0 radical (unpaired) electrons. The number of halogens is 1. The molecule has 1 N–H and O–H groups in total. The molecule has 3 saturated heterocycles. The highest BCUT2D eigenvalue weighted by atomic mass is 19.1. The molecule has 24 heavy (non-hydrogen) atoms. The van der Waals surface area contributed by atoms with E-state index in [1.54, 1.807) is 18.5 Å². The molecular formula is C19H23FN4. The summed E-state index contributed by atoms with van der Waals surface area (Å²) in [6.07, 6.45) is 5.90. The lowest BCUT2D eigenvalue weighted by Gasteiger charge is -2.49. The number of fused-ring (bicyclic) bond motifs is 3. The number of benzene rings is 1. The average Bonchev–Trinajstić information content (AvgIpc) is 2.59. The van der Waals surface area contributed by atoms with Crippen molar-refractivity contribution in [2.24, 2.45) is 5.92 Å². The highest BCUT2D eigenvalue weighted by Gasteiger charge is 2.39. The zero-order chi connectivity index (χ0) is 16.7. The number of aromatic nitrogens is 2. The number of hydrogen-bond acceptors (Lipinski definition) is 4. The van der Waals surface area contributed by atoms with Gasteiger partial charge in [0.05, 0.1) is 0 Å². The van der Waals surface area contributed by atoms with Crippen LogP contribution in [-0.4, -0.2) is 40.0 Å². The van der Waals surface area contributed by atoms with Crippen molar-refractivity contribution in [3.63, 3.8) is 0 Å². The Morgan fingerprint density at radius 2 is 1.88 bits per heavy atom. The minimum Gasteiger partial charge on any atom is -0.350 e. The third kappa shape index (κ3) is 2.77. The van der Waals surface area contributed by atoms with Crippen molar-refractivity contribution in [2.75, 3.05) is 18.4 Å². The first kappa shape index (κ1) is 15.5. The van der Waals surface area contributed by atoms with Gasteiger partial charge in [0.1, 0.15) is 5.82 Å². The number of aryl methyl sites for hydroxylation is 1. The standard InChI is InChI=1S/C19H23FN4/c1-12-3-4-16(17(20)9-12)15-10-21-19(22-11-15)23-18-13(2)24-7-5-14(18)6-8-24/h3-4,9-11,13-14,18H,5-8H2,1-2H3,(H,21,22,23)/t13-,18+/m1/s1. The topological polar surface area (TPSA) is 41.1 Å². The lowest BCUT2D eigenvalue weighted by molar-refractivity contribution is 0.0455. The van der Waals surface area contributed by atoms with Gasteiger partial charge in [0.15, 0.2) is 0 Å². The zero-order valence-electron chi connectivity index (χ0n) is 14.2. The molecule has 1 aromatic carbocycles. The Labute approximate surface area is 142 Å². The number of anilines is 1. The minimum absolute atomic E-state index is 0.231. The van der Waals surface area contributed by atoms with E-state index in [9.17, 15) is 4.39 Å². The summed E-state index contributed by atoms with van der Waals surface area (Å²) < 4.78 is 14.1. The van der Waals surface area contributed by atoms with Gasteiger partial charge in [-0.25, -0.2) is 14.4 Å². The van der Waals surface area contributed by atoms with E-state index in [2.05, 4.69) is 27.1 Å². The van der Waals surface area contributed by atoms with Crippen LogP contribution in [0.3, 0.4) is 0 Å². The summed E-state index contributed by atoms with van der Waals surface area (Å²) in [4.78, 5) is 11.4. The Hall–Kier alpha value is -2.01. The lowest BCUT2D eigenvalue weighted by Crippen LogP contribution is -2.59. The highest BCUT2D eigenvalue weighted by Crippen LogP contribution is 2.33. The molecule has 0 aliphatic carbocycles.